The van der Waals surface area contributed by atoms with Crippen molar-refractivity contribution in [1.29, 1.82) is 0 Å². The van der Waals surface area contributed by atoms with E-state index in [0.29, 0.717) is 52.4 Å². The molecule has 0 radical (unpaired) electrons. The lowest BCUT2D eigenvalue weighted by Gasteiger charge is -2.18. The van der Waals surface area contributed by atoms with Crippen molar-refractivity contribution in [3.63, 3.8) is 0 Å². The second kappa shape index (κ2) is 25.2. The van der Waals surface area contributed by atoms with E-state index >= 15 is 0 Å². The Morgan fingerprint density at radius 1 is 0.817 bits per heavy atom. The molecule has 21 nitrogen and oxygen atoms in total. The monoisotopic (exact) mass is 1160 g/mol. The number of ketones is 1. The number of fused-ring (bicyclic) bond motifs is 6. The number of halogens is 1. The normalized spacial score (nSPS) is 13.7. The van der Waals surface area contributed by atoms with Crippen LogP contribution in [0.5, 0.6) is 5.75 Å². The Labute approximate surface area is 479 Å². The summed E-state index contributed by atoms with van der Waals surface area (Å²) in [7, 11) is 2.63. The highest BCUT2D eigenvalue weighted by molar-refractivity contribution is 8.76. The van der Waals surface area contributed by atoms with Crippen molar-refractivity contribution in [2.24, 2.45) is 5.92 Å². The number of amides is 2. The lowest BCUT2D eigenvalue weighted by Crippen LogP contribution is -2.40. The van der Waals surface area contributed by atoms with Crippen molar-refractivity contribution >= 4 is 130 Å². The average Bonchev–Trinajstić information content (AvgIpc) is 2.50. The van der Waals surface area contributed by atoms with Gasteiger partial charge in [0.25, 0.3) is 17.4 Å². The molecule has 420 valence electrons. The van der Waals surface area contributed by atoms with Gasteiger partial charge in [0.2, 0.25) is 5.95 Å². The Morgan fingerprint density at radius 3 is 2.34 bits per heavy atom. The summed E-state index contributed by atoms with van der Waals surface area (Å²) >= 11 is 6.55. The number of nitrogens with one attached hydrogen (secondary N) is 5. The van der Waals surface area contributed by atoms with Gasteiger partial charge in [-0.3, -0.25) is 29.0 Å². The predicted octanol–water partition coefficient (Wildman–Crippen LogP) is 9.47. The summed E-state index contributed by atoms with van der Waals surface area (Å²) in [6.07, 6.45) is 1.76. The number of aromatic nitrogens is 6. The molecule has 82 heavy (non-hydrogen) atoms. The number of nitrogens with zero attached hydrogens (tertiary/aromatic N) is 4. The fourth-order valence-electron chi connectivity index (χ4n) is 9.84. The highest BCUT2D eigenvalue weighted by atomic mass is 35.5. The number of carbonyl (C=O) groups is 6. The predicted molar refractivity (Wildman–Crippen MR) is 315 cm³/mol. The summed E-state index contributed by atoms with van der Waals surface area (Å²) in [5.74, 6) is -3.23. The number of Topliss-reactive ketones (excluding diaryl/α,β-unsaturated/α-hetero) is 1. The highest BCUT2D eigenvalue weighted by Crippen LogP contribution is 2.46. The Kier molecular flexibility index (Phi) is 17.4. The van der Waals surface area contributed by atoms with Gasteiger partial charge in [-0.05, 0) is 84.0 Å². The molecular weight excluding hydrogens is 1110 g/mol. The number of carbonyl (C=O) groups excluding carboxylic acids is 4. The number of rotatable bonds is 24. The molecule has 0 spiro atoms. The van der Waals surface area contributed by atoms with Crippen molar-refractivity contribution in [2.45, 2.75) is 50.6 Å². The van der Waals surface area contributed by atoms with Crippen LogP contribution in [-0.2, 0) is 27.3 Å². The van der Waals surface area contributed by atoms with Gasteiger partial charge in [0.05, 0.1) is 35.7 Å². The molecule has 0 saturated heterocycles. The first-order chi connectivity index (χ1) is 39.7. The van der Waals surface area contributed by atoms with Gasteiger partial charge < -0.3 is 50.9 Å². The molecule has 3 atom stereocenters. The van der Waals surface area contributed by atoms with E-state index in [1.165, 1.54) is 39.9 Å². The topological polar surface area (TPSA) is 318 Å². The second-order valence-electron chi connectivity index (χ2n) is 19.5. The molecule has 24 heteroatoms. The number of carboxylic acids is 2. The van der Waals surface area contributed by atoms with Crippen LogP contribution in [-0.4, -0.2) is 112 Å². The SMILES string of the molecule is Nc1nc2ncc(CNc3ccc(C(=O)N[C@H](CCCC[C@H](CSSCCOC(=O)Oc4cc5c(c6ccccc46)C(CCl)CN5C(=O)c4cc5cc(CC(=O)c6cc7ccccc7[nH]6)ccc5[nH]4)C(=O)O)C(=O)O)cc3)nc2c(=O)[nH]1. The zero-order valence-corrected chi connectivity index (χ0v) is 46.0. The van der Waals surface area contributed by atoms with Crippen molar-refractivity contribution in [3.8, 4) is 5.75 Å². The van der Waals surface area contributed by atoms with E-state index in [2.05, 4.69) is 40.5 Å². The van der Waals surface area contributed by atoms with E-state index in [1.807, 2.05) is 72.8 Å². The van der Waals surface area contributed by atoms with Crippen LogP contribution < -0.4 is 31.6 Å². The molecule has 0 aliphatic carbocycles. The minimum absolute atomic E-state index is 0.0391. The molecule has 5 aromatic carbocycles. The van der Waals surface area contributed by atoms with Gasteiger partial charge in [0.1, 0.15) is 24.1 Å². The first-order valence-corrected chi connectivity index (χ1v) is 29.1. The van der Waals surface area contributed by atoms with Crippen molar-refractivity contribution in [3.05, 3.63) is 160 Å². The van der Waals surface area contributed by atoms with Gasteiger partial charge >= 0.3 is 18.1 Å². The smallest absolute Gasteiger partial charge is 0.481 e. The maximum atomic E-state index is 14.4. The van der Waals surface area contributed by atoms with Gasteiger partial charge in [-0.2, -0.15) is 4.98 Å². The number of H-pyrrole nitrogens is 3. The number of aromatic amines is 3. The van der Waals surface area contributed by atoms with Crippen LogP contribution in [0.4, 0.5) is 22.1 Å². The minimum Gasteiger partial charge on any atom is -0.481 e. The number of alkyl halides is 1. The third kappa shape index (κ3) is 13.0. The lowest BCUT2D eigenvalue weighted by atomic mass is 9.95. The molecule has 0 saturated carbocycles. The van der Waals surface area contributed by atoms with E-state index in [-0.39, 0.29) is 96.6 Å². The van der Waals surface area contributed by atoms with Crippen LogP contribution in [0.3, 0.4) is 0 Å². The molecule has 9 aromatic rings. The van der Waals surface area contributed by atoms with E-state index in [9.17, 15) is 43.8 Å². The second-order valence-corrected chi connectivity index (χ2v) is 22.4. The third-order valence-electron chi connectivity index (χ3n) is 14.0. The zero-order valence-electron chi connectivity index (χ0n) is 43.6. The number of aliphatic carboxylic acids is 2. The van der Waals surface area contributed by atoms with Crippen LogP contribution in [0.25, 0.3) is 43.7 Å². The summed E-state index contributed by atoms with van der Waals surface area (Å²) < 4.78 is 11.2. The van der Waals surface area contributed by atoms with Crippen LogP contribution in [0.1, 0.15) is 79.8 Å². The number of carboxylic acid groups (broad SMARTS) is 2. The summed E-state index contributed by atoms with van der Waals surface area (Å²) in [5, 5.41) is 28.6. The van der Waals surface area contributed by atoms with Crippen molar-refractivity contribution in [2.75, 3.05) is 46.5 Å². The molecule has 9 N–H and O–H groups in total. The number of unbranched alkanes of at least 4 members (excludes halogenated alkanes) is 1. The van der Waals surface area contributed by atoms with E-state index in [4.69, 9.17) is 26.8 Å². The highest BCUT2D eigenvalue weighted by Gasteiger charge is 2.36. The lowest BCUT2D eigenvalue weighted by molar-refractivity contribution is -0.141. The molecular formula is C58H53ClN10O11S2. The zero-order chi connectivity index (χ0) is 57.4. The molecule has 0 fully saturated rings. The minimum atomic E-state index is -1.22. The number of nitrogen functional groups attached to an aromatic ring is 1. The van der Waals surface area contributed by atoms with Gasteiger partial charge in [-0.15, -0.1) is 11.6 Å². The first kappa shape index (κ1) is 56.3. The maximum Gasteiger partial charge on any atom is 0.513 e. The fourth-order valence-corrected chi connectivity index (χ4v) is 12.3. The number of para-hydroxylation sites is 1. The molecule has 5 heterocycles. The van der Waals surface area contributed by atoms with Gasteiger partial charge in [0.15, 0.2) is 16.9 Å². The number of nitrogens with two attached hydrogens (primary N) is 1. The number of hydrogen-bond donors (Lipinski definition) is 8. The number of ether oxygens (including phenoxy) is 2. The average molecular weight is 1170 g/mol. The van der Waals surface area contributed by atoms with Crippen LogP contribution >= 0.6 is 33.2 Å². The Hall–Kier alpha value is -8.93. The molecule has 10 rings (SSSR count). The number of hydrogen-bond acceptors (Lipinski definition) is 16. The Bertz CT molecular complexity index is 3950. The van der Waals surface area contributed by atoms with Crippen molar-refractivity contribution < 1.29 is 48.5 Å². The van der Waals surface area contributed by atoms with Crippen molar-refractivity contribution in [1.82, 2.24) is 35.2 Å². The first-order valence-electron chi connectivity index (χ1n) is 26.1. The Morgan fingerprint density at radius 2 is 1.56 bits per heavy atom. The summed E-state index contributed by atoms with van der Waals surface area (Å²) in [6, 6.07) is 31.1. The molecule has 1 aliphatic rings. The van der Waals surface area contributed by atoms with Crippen LogP contribution in [0.2, 0.25) is 0 Å². The van der Waals surface area contributed by atoms with Crippen LogP contribution in [0.15, 0.2) is 120 Å². The van der Waals surface area contributed by atoms with Crippen LogP contribution in [0, 0.1) is 5.92 Å². The largest absolute Gasteiger partial charge is 0.513 e. The van der Waals surface area contributed by atoms with Gasteiger partial charge in [-0.25, -0.2) is 19.6 Å². The van der Waals surface area contributed by atoms with E-state index in [1.54, 1.807) is 29.2 Å². The van der Waals surface area contributed by atoms with E-state index in [0.717, 1.165) is 38.3 Å². The fraction of sp³-hybridized carbons (Fsp3) is 0.241. The third-order valence-corrected chi connectivity index (χ3v) is 16.8. The Balaban J connectivity index is 0.670. The van der Waals surface area contributed by atoms with E-state index < -0.39 is 41.5 Å². The maximum absolute atomic E-state index is 14.4. The summed E-state index contributed by atoms with van der Waals surface area (Å²) in [5.41, 5.74) is 11.2. The molecule has 2 amide bonds. The summed E-state index contributed by atoms with van der Waals surface area (Å²) in [4.78, 5) is 113. The number of anilines is 3. The van der Waals surface area contributed by atoms with Gasteiger partial charge in [0, 0.05) is 80.8 Å². The molecule has 1 aliphatic heterocycles. The quantitative estimate of drug-likeness (QED) is 0.00697. The molecule has 4 aromatic heterocycles. The number of benzene rings is 5. The molecule has 0 bridgehead atoms. The standard InChI is InChI=1S/C58H53ClN10O11S2/c59-26-36-29-69(54(73)45-24-35-21-31(13-18-42(35)65-45)22-47(70)44-23-33-7-1-5-11-41(33)64-44)46-25-48(39-9-3-4-10-40(39)49(36)46)80-58(78)79-19-20-81-82-30-34(55(74)75)8-2-6-12-43(56(76)77)66-52(71)32-14-16-37(17-15-32)61-27-38-28-62-51-50(63-38)53(72)68-57(60)67-51/h1,3-5,7,9-11,13-18,21,23-25,28,34,36,43,61,64-65H,2,6,8,12,19-20,22,26-27,29-30H2,(H,66,71)(H,74,75)(H,76,77)(H3,60,62,67,68,72)/t34-,36?,43-/m1/s1. The molecule has 1 unspecified atom stereocenters. The summed E-state index contributed by atoms with van der Waals surface area (Å²) in [6.45, 7) is 0.442. The van der Waals surface area contributed by atoms with Gasteiger partial charge in [-0.1, -0.05) is 83.0 Å².